The van der Waals surface area contributed by atoms with E-state index >= 15 is 0 Å². The van der Waals surface area contributed by atoms with Crippen LogP contribution in [0.15, 0.2) is 18.3 Å². The van der Waals surface area contributed by atoms with Gasteiger partial charge in [-0.05, 0) is 31.4 Å². The van der Waals surface area contributed by atoms with E-state index in [0.717, 1.165) is 11.3 Å². The molecule has 0 saturated heterocycles. The predicted octanol–water partition coefficient (Wildman–Crippen LogP) is 3.11. The monoisotopic (exact) mass is 228 g/mol. The molecular weight excluding hydrogens is 212 g/mol. The predicted molar refractivity (Wildman–Crippen MR) is 66.5 cm³/mol. The lowest BCUT2D eigenvalue weighted by Crippen LogP contribution is -2.12. The fraction of sp³-hybridized carbons (Fsp3) is 0.429. The molecule has 88 valence electrons. The standard InChI is InChI=1S/C14H16N2O/c1-9-6-7-12-13(10(2)17)15-14(16(12)8-9)11-4-3-5-11/h6-8,11H,3-5H2,1-2H3. The van der Waals surface area contributed by atoms with E-state index in [9.17, 15) is 4.79 Å². The van der Waals surface area contributed by atoms with Gasteiger partial charge in [0, 0.05) is 19.0 Å². The number of carbonyl (C=O) groups is 1. The highest BCUT2D eigenvalue weighted by Gasteiger charge is 2.26. The van der Waals surface area contributed by atoms with E-state index in [-0.39, 0.29) is 5.78 Å². The van der Waals surface area contributed by atoms with Crippen molar-refractivity contribution in [3.63, 3.8) is 0 Å². The smallest absolute Gasteiger partial charge is 0.180 e. The van der Waals surface area contributed by atoms with E-state index in [1.165, 1.54) is 24.8 Å². The molecule has 2 heterocycles. The lowest BCUT2D eigenvalue weighted by molar-refractivity contribution is 0.101. The summed E-state index contributed by atoms with van der Waals surface area (Å²) < 4.78 is 2.11. The Kier molecular flexibility index (Phi) is 2.28. The molecular formula is C14H16N2O. The largest absolute Gasteiger partial charge is 0.302 e. The van der Waals surface area contributed by atoms with Crippen molar-refractivity contribution in [2.45, 2.75) is 39.0 Å². The molecule has 0 amide bonds. The van der Waals surface area contributed by atoms with Crippen LogP contribution in [0.2, 0.25) is 0 Å². The second kappa shape index (κ2) is 3.69. The van der Waals surface area contributed by atoms with Gasteiger partial charge in [0.25, 0.3) is 0 Å². The van der Waals surface area contributed by atoms with Crippen LogP contribution in [0.4, 0.5) is 0 Å². The van der Waals surface area contributed by atoms with E-state index in [1.807, 2.05) is 12.1 Å². The number of fused-ring (bicyclic) bond motifs is 1. The normalized spacial score (nSPS) is 16.1. The highest BCUT2D eigenvalue weighted by molar-refractivity contribution is 5.99. The first-order chi connectivity index (χ1) is 8.16. The molecule has 17 heavy (non-hydrogen) atoms. The number of aryl methyl sites for hydroxylation is 1. The summed E-state index contributed by atoms with van der Waals surface area (Å²) in [5, 5.41) is 0. The van der Waals surface area contributed by atoms with Gasteiger partial charge in [-0.1, -0.05) is 12.5 Å². The Labute approximate surface area is 100 Å². The Morgan fingerprint density at radius 1 is 1.41 bits per heavy atom. The Morgan fingerprint density at radius 3 is 2.76 bits per heavy atom. The van der Waals surface area contributed by atoms with Gasteiger partial charge in [0.05, 0.1) is 5.52 Å². The quantitative estimate of drug-likeness (QED) is 0.740. The minimum Gasteiger partial charge on any atom is -0.302 e. The molecule has 0 aliphatic heterocycles. The topological polar surface area (TPSA) is 34.4 Å². The minimum absolute atomic E-state index is 0.0527. The molecule has 2 aromatic heterocycles. The molecule has 3 nitrogen and oxygen atoms in total. The summed E-state index contributed by atoms with van der Waals surface area (Å²) >= 11 is 0. The molecule has 0 spiro atoms. The number of imidazole rings is 1. The average Bonchev–Trinajstić information content (AvgIpc) is 2.55. The van der Waals surface area contributed by atoms with Gasteiger partial charge in [0.1, 0.15) is 11.5 Å². The number of rotatable bonds is 2. The second-order valence-electron chi connectivity index (χ2n) is 4.96. The van der Waals surface area contributed by atoms with Gasteiger partial charge in [0.2, 0.25) is 0 Å². The molecule has 1 aliphatic carbocycles. The van der Waals surface area contributed by atoms with Gasteiger partial charge in [0.15, 0.2) is 5.78 Å². The summed E-state index contributed by atoms with van der Waals surface area (Å²) in [6.07, 6.45) is 5.76. The van der Waals surface area contributed by atoms with Crippen LogP contribution in [0.25, 0.3) is 5.52 Å². The van der Waals surface area contributed by atoms with E-state index in [2.05, 4.69) is 22.5 Å². The SMILES string of the molecule is CC(=O)c1nc(C2CCC2)n2cc(C)ccc12. The van der Waals surface area contributed by atoms with Crippen molar-refractivity contribution in [3.05, 3.63) is 35.4 Å². The molecule has 0 N–H and O–H groups in total. The Bertz CT molecular complexity index is 594. The first-order valence-corrected chi connectivity index (χ1v) is 6.16. The number of hydrogen-bond donors (Lipinski definition) is 0. The fourth-order valence-corrected chi connectivity index (χ4v) is 2.43. The lowest BCUT2D eigenvalue weighted by Gasteiger charge is -2.24. The number of hydrogen-bond acceptors (Lipinski definition) is 2. The third kappa shape index (κ3) is 1.57. The van der Waals surface area contributed by atoms with Crippen LogP contribution in [0, 0.1) is 6.92 Å². The van der Waals surface area contributed by atoms with Crippen LogP contribution in [0.3, 0.4) is 0 Å². The van der Waals surface area contributed by atoms with E-state index in [1.54, 1.807) is 6.92 Å². The first-order valence-electron chi connectivity index (χ1n) is 6.16. The van der Waals surface area contributed by atoms with E-state index in [0.29, 0.717) is 11.6 Å². The van der Waals surface area contributed by atoms with Crippen molar-refractivity contribution in [1.82, 2.24) is 9.38 Å². The molecule has 1 aliphatic rings. The number of Topliss-reactive ketones (excluding diaryl/α,β-unsaturated/α-hetero) is 1. The zero-order valence-corrected chi connectivity index (χ0v) is 10.2. The molecule has 1 fully saturated rings. The van der Waals surface area contributed by atoms with E-state index < -0.39 is 0 Å². The van der Waals surface area contributed by atoms with Gasteiger partial charge < -0.3 is 4.40 Å². The van der Waals surface area contributed by atoms with Crippen LogP contribution < -0.4 is 0 Å². The summed E-state index contributed by atoms with van der Waals surface area (Å²) in [5.74, 6) is 1.66. The van der Waals surface area contributed by atoms with E-state index in [4.69, 9.17) is 0 Å². The van der Waals surface area contributed by atoms with Crippen LogP contribution in [-0.2, 0) is 0 Å². The van der Waals surface area contributed by atoms with Gasteiger partial charge in [-0.3, -0.25) is 4.79 Å². The maximum atomic E-state index is 11.6. The highest BCUT2D eigenvalue weighted by atomic mass is 16.1. The maximum absolute atomic E-state index is 11.6. The number of pyridine rings is 1. The summed E-state index contributed by atoms with van der Waals surface area (Å²) in [7, 11) is 0. The molecule has 2 aromatic rings. The molecule has 0 aromatic carbocycles. The summed E-state index contributed by atoms with van der Waals surface area (Å²) in [6, 6.07) is 4.04. The van der Waals surface area contributed by atoms with Gasteiger partial charge in [-0.15, -0.1) is 0 Å². The second-order valence-corrected chi connectivity index (χ2v) is 4.96. The van der Waals surface area contributed by atoms with Gasteiger partial charge in [-0.25, -0.2) is 4.98 Å². The molecule has 0 radical (unpaired) electrons. The van der Waals surface area contributed by atoms with Crippen molar-refractivity contribution in [1.29, 1.82) is 0 Å². The van der Waals surface area contributed by atoms with Crippen molar-refractivity contribution in [2.24, 2.45) is 0 Å². The first kappa shape index (κ1) is 10.5. The Balaban J connectivity index is 2.26. The molecule has 0 atom stereocenters. The molecule has 0 unspecified atom stereocenters. The van der Waals surface area contributed by atoms with Crippen molar-refractivity contribution < 1.29 is 4.79 Å². The minimum atomic E-state index is 0.0527. The molecule has 1 saturated carbocycles. The van der Waals surface area contributed by atoms with Crippen LogP contribution >= 0.6 is 0 Å². The average molecular weight is 228 g/mol. The molecule has 3 heteroatoms. The lowest BCUT2D eigenvalue weighted by atomic mass is 9.85. The summed E-state index contributed by atoms with van der Waals surface area (Å²) in [6.45, 7) is 3.66. The zero-order valence-electron chi connectivity index (χ0n) is 10.2. The molecule has 0 bridgehead atoms. The number of nitrogens with zero attached hydrogens (tertiary/aromatic N) is 2. The third-order valence-corrected chi connectivity index (χ3v) is 3.62. The van der Waals surface area contributed by atoms with Crippen LogP contribution in [-0.4, -0.2) is 15.2 Å². The molecule has 3 rings (SSSR count). The maximum Gasteiger partial charge on any atom is 0.180 e. The van der Waals surface area contributed by atoms with Crippen molar-refractivity contribution >= 4 is 11.3 Å². The zero-order chi connectivity index (χ0) is 12.0. The van der Waals surface area contributed by atoms with Crippen molar-refractivity contribution in [3.8, 4) is 0 Å². The Morgan fingerprint density at radius 2 is 2.18 bits per heavy atom. The third-order valence-electron chi connectivity index (χ3n) is 3.62. The fourth-order valence-electron chi connectivity index (χ4n) is 2.43. The van der Waals surface area contributed by atoms with Crippen LogP contribution in [0.5, 0.6) is 0 Å². The number of carbonyl (C=O) groups excluding carboxylic acids is 1. The summed E-state index contributed by atoms with van der Waals surface area (Å²) in [4.78, 5) is 16.2. The van der Waals surface area contributed by atoms with Gasteiger partial charge in [-0.2, -0.15) is 0 Å². The number of ketones is 1. The highest BCUT2D eigenvalue weighted by Crippen LogP contribution is 2.36. The number of aromatic nitrogens is 2. The Hall–Kier alpha value is -1.64. The summed E-state index contributed by atoms with van der Waals surface area (Å²) in [5.41, 5.74) is 2.77. The van der Waals surface area contributed by atoms with Gasteiger partial charge >= 0.3 is 0 Å². The van der Waals surface area contributed by atoms with Crippen molar-refractivity contribution in [2.75, 3.05) is 0 Å². The van der Waals surface area contributed by atoms with Crippen LogP contribution in [0.1, 0.15) is 54.0 Å².